The number of hydrogen-bond acceptors (Lipinski definition) is 6. The van der Waals surface area contributed by atoms with Crippen LogP contribution in [-0.2, 0) is 9.53 Å². The van der Waals surface area contributed by atoms with Crippen molar-refractivity contribution in [2.24, 2.45) is 0 Å². The normalized spacial score (nSPS) is 9.92. The van der Waals surface area contributed by atoms with Crippen LogP contribution in [0, 0.1) is 0 Å². The molecule has 0 spiro atoms. The number of carbonyl (C=O) groups is 2. The summed E-state index contributed by atoms with van der Waals surface area (Å²) in [5, 5.41) is 2.50. The van der Waals surface area contributed by atoms with E-state index in [4.69, 9.17) is 18.9 Å². The third kappa shape index (κ3) is 6.01. The molecule has 0 bridgehead atoms. The predicted octanol–water partition coefficient (Wildman–Crippen LogP) is 2.06. The molecule has 0 saturated carbocycles. The van der Waals surface area contributed by atoms with Crippen LogP contribution in [0.4, 0.5) is 0 Å². The van der Waals surface area contributed by atoms with Crippen LogP contribution in [-0.4, -0.2) is 45.9 Å². The first-order valence-corrected chi connectivity index (χ1v) is 7.97. The van der Waals surface area contributed by atoms with Crippen LogP contribution >= 0.6 is 0 Å². The summed E-state index contributed by atoms with van der Waals surface area (Å²) in [6.45, 7) is 0.0698. The number of esters is 1. The van der Waals surface area contributed by atoms with Crippen LogP contribution in [0.5, 0.6) is 17.2 Å². The van der Waals surface area contributed by atoms with Gasteiger partial charge in [-0.15, -0.1) is 0 Å². The largest absolute Gasteiger partial charge is 0.497 e. The van der Waals surface area contributed by atoms with Crippen LogP contribution in [0.25, 0.3) is 0 Å². The Bertz CT molecular complexity index is 729. The molecule has 0 heterocycles. The quantitative estimate of drug-likeness (QED) is 0.545. The number of nitrogens with one attached hydrogen (secondary N) is 1. The van der Waals surface area contributed by atoms with Crippen molar-refractivity contribution in [2.75, 3.05) is 34.0 Å². The van der Waals surface area contributed by atoms with E-state index in [0.717, 1.165) is 5.75 Å². The van der Waals surface area contributed by atoms with E-state index in [1.165, 1.54) is 7.11 Å². The Labute approximate surface area is 151 Å². The SMILES string of the molecule is COc1ccc(OCCOC(=O)CNC(=O)c2cccc(OC)c2)cc1. The van der Waals surface area contributed by atoms with Gasteiger partial charge in [-0.2, -0.15) is 0 Å². The molecule has 2 aromatic rings. The van der Waals surface area contributed by atoms with Gasteiger partial charge >= 0.3 is 5.97 Å². The third-order valence-electron chi connectivity index (χ3n) is 3.40. The Morgan fingerprint density at radius 3 is 2.27 bits per heavy atom. The van der Waals surface area contributed by atoms with Gasteiger partial charge < -0.3 is 24.3 Å². The molecule has 0 atom stereocenters. The van der Waals surface area contributed by atoms with Gasteiger partial charge in [-0.3, -0.25) is 9.59 Å². The molecule has 0 unspecified atom stereocenters. The van der Waals surface area contributed by atoms with Crippen molar-refractivity contribution in [3.8, 4) is 17.2 Å². The van der Waals surface area contributed by atoms with Gasteiger partial charge in [0.05, 0.1) is 14.2 Å². The molecule has 0 fully saturated rings. The lowest BCUT2D eigenvalue weighted by atomic mass is 10.2. The topological polar surface area (TPSA) is 83.1 Å². The van der Waals surface area contributed by atoms with Crippen molar-refractivity contribution in [1.29, 1.82) is 0 Å². The summed E-state index contributed by atoms with van der Waals surface area (Å²) >= 11 is 0. The number of amides is 1. The van der Waals surface area contributed by atoms with E-state index in [-0.39, 0.29) is 25.7 Å². The Morgan fingerprint density at radius 1 is 0.885 bits per heavy atom. The van der Waals surface area contributed by atoms with Gasteiger partial charge in [0.2, 0.25) is 0 Å². The number of ether oxygens (including phenoxy) is 4. The maximum atomic E-state index is 12.0. The van der Waals surface area contributed by atoms with Crippen molar-refractivity contribution in [1.82, 2.24) is 5.32 Å². The molecule has 0 aliphatic carbocycles. The molecule has 2 rings (SSSR count). The van der Waals surface area contributed by atoms with E-state index in [2.05, 4.69) is 5.32 Å². The van der Waals surface area contributed by atoms with Crippen molar-refractivity contribution in [3.63, 3.8) is 0 Å². The highest BCUT2D eigenvalue weighted by Gasteiger charge is 2.09. The minimum atomic E-state index is -0.542. The Balaban J connectivity index is 1.65. The van der Waals surface area contributed by atoms with Crippen molar-refractivity contribution in [2.45, 2.75) is 0 Å². The van der Waals surface area contributed by atoms with Crippen molar-refractivity contribution in [3.05, 3.63) is 54.1 Å². The monoisotopic (exact) mass is 359 g/mol. The summed E-state index contributed by atoms with van der Waals surface area (Å²) in [6.07, 6.45) is 0. The van der Waals surface area contributed by atoms with E-state index in [1.807, 2.05) is 0 Å². The highest BCUT2D eigenvalue weighted by Crippen LogP contribution is 2.16. The lowest BCUT2D eigenvalue weighted by Crippen LogP contribution is -2.31. The molecular formula is C19H21NO6. The molecule has 0 aliphatic rings. The van der Waals surface area contributed by atoms with E-state index in [9.17, 15) is 9.59 Å². The molecule has 1 amide bonds. The molecule has 7 nitrogen and oxygen atoms in total. The zero-order valence-electron chi connectivity index (χ0n) is 14.7. The zero-order chi connectivity index (χ0) is 18.8. The highest BCUT2D eigenvalue weighted by atomic mass is 16.6. The molecule has 26 heavy (non-hydrogen) atoms. The maximum absolute atomic E-state index is 12.0. The average molecular weight is 359 g/mol. The summed E-state index contributed by atoms with van der Waals surface area (Å²) in [5.41, 5.74) is 0.403. The third-order valence-corrected chi connectivity index (χ3v) is 3.40. The molecule has 2 aromatic carbocycles. The van der Waals surface area contributed by atoms with Crippen molar-refractivity contribution >= 4 is 11.9 Å². The minimum Gasteiger partial charge on any atom is -0.497 e. The molecule has 0 aliphatic heterocycles. The van der Waals surface area contributed by atoms with E-state index in [0.29, 0.717) is 17.1 Å². The van der Waals surface area contributed by atoms with Gasteiger partial charge in [-0.1, -0.05) is 6.07 Å². The van der Waals surface area contributed by atoms with Gasteiger partial charge in [0.15, 0.2) is 0 Å². The summed E-state index contributed by atoms with van der Waals surface area (Å²) in [6, 6.07) is 13.7. The van der Waals surface area contributed by atoms with Gasteiger partial charge in [-0.25, -0.2) is 0 Å². The molecule has 1 N–H and O–H groups in total. The fourth-order valence-electron chi connectivity index (χ4n) is 2.06. The number of hydrogen-bond donors (Lipinski definition) is 1. The summed E-state index contributed by atoms with van der Waals surface area (Å²) in [4.78, 5) is 23.6. The standard InChI is InChI=1S/C19H21NO6/c1-23-15-6-8-16(9-7-15)25-10-11-26-18(21)13-20-19(22)14-4-3-5-17(12-14)24-2/h3-9,12H,10-11,13H2,1-2H3,(H,20,22). The minimum absolute atomic E-state index is 0.0832. The first-order chi connectivity index (χ1) is 12.6. The van der Waals surface area contributed by atoms with Gasteiger partial charge in [0.25, 0.3) is 5.91 Å². The van der Waals surface area contributed by atoms with E-state index < -0.39 is 5.97 Å². The first-order valence-electron chi connectivity index (χ1n) is 7.97. The van der Waals surface area contributed by atoms with Gasteiger partial charge in [-0.05, 0) is 42.5 Å². The van der Waals surface area contributed by atoms with Crippen molar-refractivity contribution < 1.29 is 28.5 Å². The van der Waals surface area contributed by atoms with Gasteiger partial charge in [0.1, 0.15) is 37.0 Å². The number of carbonyl (C=O) groups excluding carboxylic acids is 2. The first kappa shape index (κ1) is 19.1. The Kier molecular flexibility index (Phi) is 7.30. The second kappa shape index (κ2) is 9.93. The second-order valence-electron chi connectivity index (χ2n) is 5.16. The number of benzene rings is 2. The average Bonchev–Trinajstić information content (AvgIpc) is 2.69. The zero-order valence-corrected chi connectivity index (χ0v) is 14.7. The maximum Gasteiger partial charge on any atom is 0.325 e. The lowest BCUT2D eigenvalue weighted by Gasteiger charge is -2.09. The Morgan fingerprint density at radius 2 is 1.58 bits per heavy atom. The summed E-state index contributed by atoms with van der Waals surface area (Å²) in [7, 11) is 3.10. The molecule has 0 radical (unpaired) electrons. The van der Waals surface area contributed by atoms with Crippen LogP contribution in [0.2, 0.25) is 0 Å². The smallest absolute Gasteiger partial charge is 0.325 e. The van der Waals surface area contributed by atoms with Crippen LogP contribution in [0.1, 0.15) is 10.4 Å². The molecule has 0 aromatic heterocycles. The van der Waals surface area contributed by atoms with E-state index in [1.54, 1.807) is 55.6 Å². The fraction of sp³-hybridized carbons (Fsp3) is 0.263. The van der Waals surface area contributed by atoms with Gasteiger partial charge in [0, 0.05) is 5.56 Å². The van der Waals surface area contributed by atoms with E-state index >= 15 is 0 Å². The second-order valence-corrected chi connectivity index (χ2v) is 5.16. The molecular weight excluding hydrogens is 338 g/mol. The lowest BCUT2D eigenvalue weighted by molar-refractivity contribution is -0.143. The predicted molar refractivity (Wildman–Crippen MR) is 94.8 cm³/mol. The van der Waals surface area contributed by atoms with Crippen LogP contribution in [0.15, 0.2) is 48.5 Å². The Hall–Kier alpha value is -3.22. The fourth-order valence-corrected chi connectivity index (χ4v) is 2.06. The van der Waals surface area contributed by atoms with Crippen LogP contribution in [0.3, 0.4) is 0 Å². The molecule has 138 valence electrons. The molecule has 0 saturated heterocycles. The highest BCUT2D eigenvalue weighted by molar-refractivity contribution is 5.96. The molecule has 7 heteroatoms. The number of rotatable bonds is 9. The summed E-state index contributed by atoms with van der Waals surface area (Å²) in [5.74, 6) is 1.02. The van der Waals surface area contributed by atoms with Crippen LogP contribution < -0.4 is 19.5 Å². The summed E-state index contributed by atoms with van der Waals surface area (Å²) < 4.78 is 20.6. The number of methoxy groups -OCH3 is 2.